The molecule has 0 saturated carbocycles. The van der Waals surface area contributed by atoms with Gasteiger partial charge in [-0.1, -0.05) is 26.7 Å². The molecule has 186 valence electrons. The Morgan fingerprint density at radius 1 is 1.24 bits per heavy atom. The van der Waals surface area contributed by atoms with Crippen molar-refractivity contribution in [3.8, 4) is 5.75 Å². The van der Waals surface area contributed by atoms with Crippen molar-refractivity contribution >= 4 is 21.8 Å². The van der Waals surface area contributed by atoms with E-state index < -0.39 is 33.4 Å². The van der Waals surface area contributed by atoms with E-state index in [1.807, 2.05) is 13.8 Å². The molecule has 2 rings (SSSR count). The van der Waals surface area contributed by atoms with Crippen molar-refractivity contribution in [1.82, 2.24) is 10.6 Å². The standard InChI is InChI=1S/C23H36N2O7S/c1-5-7-8-23(6-2)14-33(30,31)20-9-16(19(32-4)12-18(20)15(3)25-23)13-24-17(10-21(26)27)11-22(28)29/h9,12,15,17,24-25H,5-8,10-11,13-14H2,1-4H3,(H,26,27)(H,28,29)/t15-,23-/m1/s1. The number of unbranched alkanes of at least 4 members (excludes halogenated alkanes) is 1. The Balaban J connectivity index is 2.44. The average molecular weight is 485 g/mol. The molecule has 0 bridgehead atoms. The molecule has 0 fully saturated rings. The zero-order valence-electron chi connectivity index (χ0n) is 19.8. The Labute approximate surface area is 195 Å². The summed E-state index contributed by atoms with van der Waals surface area (Å²) in [7, 11) is -2.14. The van der Waals surface area contributed by atoms with Crippen molar-refractivity contribution in [2.24, 2.45) is 0 Å². The van der Waals surface area contributed by atoms with Gasteiger partial charge in [0.1, 0.15) is 5.75 Å². The Hall–Kier alpha value is -2.17. The molecule has 2 atom stereocenters. The van der Waals surface area contributed by atoms with E-state index in [1.54, 1.807) is 12.1 Å². The highest BCUT2D eigenvalue weighted by Crippen LogP contribution is 2.38. The molecule has 0 aliphatic carbocycles. The van der Waals surface area contributed by atoms with E-state index in [0.29, 0.717) is 23.3 Å². The lowest BCUT2D eigenvalue weighted by atomic mass is 9.90. The third-order valence-corrected chi connectivity index (χ3v) is 8.27. The van der Waals surface area contributed by atoms with Crippen LogP contribution in [0.1, 0.15) is 76.5 Å². The molecule has 0 aromatic heterocycles. The van der Waals surface area contributed by atoms with E-state index in [4.69, 9.17) is 14.9 Å². The van der Waals surface area contributed by atoms with Gasteiger partial charge in [-0.25, -0.2) is 8.42 Å². The number of benzene rings is 1. The van der Waals surface area contributed by atoms with E-state index in [-0.39, 0.29) is 36.1 Å². The average Bonchev–Trinajstić information content (AvgIpc) is 2.81. The molecule has 1 aliphatic rings. The number of nitrogens with one attached hydrogen (secondary N) is 2. The molecule has 0 amide bonds. The van der Waals surface area contributed by atoms with Gasteiger partial charge in [0.15, 0.2) is 9.84 Å². The second-order valence-electron chi connectivity index (χ2n) is 8.84. The van der Waals surface area contributed by atoms with Crippen LogP contribution in [0.2, 0.25) is 0 Å². The van der Waals surface area contributed by atoms with Crippen LogP contribution in [-0.2, 0) is 26.0 Å². The van der Waals surface area contributed by atoms with Crippen molar-refractivity contribution in [3.05, 3.63) is 23.3 Å². The van der Waals surface area contributed by atoms with Crippen LogP contribution in [0.5, 0.6) is 5.75 Å². The molecule has 1 aliphatic heterocycles. The first kappa shape index (κ1) is 27.1. The summed E-state index contributed by atoms with van der Waals surface area (Å²) in [4.78, 5) is 22.4. The highest BCUT2D eigenvalue weighted by atomic mass is 32.2. The van der Waals surface area contributed by atoms with Gasteiger partial charge in [0.25, 0.3) is 0 Å². The topological polar surface area (TPSA) is 142 Å². The lowest BCUT2D eigenvalue weighted by Gasteiger charge is -2.34. The Kier molecular flexibility index (Phi) is 9.28. The predicted molar refractivity (Wildman–Crippen MR) is 124 cm³/mol. The third kappa shape index (κ3) is 6.91. The lowest BCUT2D eigenvalue weighted by molar-refractivity contribution is -0.139. The molecule has 0 spiro atoms. The van der Waals surface area contributed by atoms with Crippen LogP contribution < -0.4 is 15.4 Å². The summed E-state index contributed by atoms with van der Waals surface area (Å²) in [6.45, 7) is 6.11. The zero-order valence-corrected chi connectivity index (χ0v) is 20.6. The van der Waals surface area contributed by atoms with Crippen LogP contribution in [-0.4, -0.2) is 55.0 Å². The van der Waals surface area contributed by atoms with E-state index in [9.17, 15) is 18.0 Å². The first-order chi connectivity index (χ1) is 15.5. The molecular formula is C23H36N2O7S. The molecule has 1 aromatic rings. The summed E-state index contributed by atoms with van der Waals surface area (Å²) in [5.41, 5.74) is 0.646. The van der Waals surface area contributed by atoms with Crippen molar-refractivity contribution in [3.63, 3.8) is 0 Å². The monoisotopic (exact) mass is 484 g/mol. The number of hydrogen-bond donors (Lipinski definition) is 4. The molecule has 0 radical (unpaired) electrons. The number of carboxylic acid groups (broad SMARTS) is 2. The second kappa shape index (κ2) is 11.3. The highest BCUT2D eigenvalue weighted by Gasteiger charge is 2.40. The van der Waals surface area contributed by atoms with Gasteiger partial charge in [-0.3, -0.25) is 9.59 Å². The Morgan fingerprint density at radius 2 is 1.88 bits per heavy atom. The third-order valence-electron chi connectivity index (χ3n) is 6.31. The fourth-order valence-electron chi connectivity index (χ4n) is 4.51. The second-order valence-corrected chi connectivity index (χ2v) is 10.8. The Morgan fingerprint density at radius 3 is 2.39 bits per heavy atom. The maximum Gasteiger partial charge on any atom is 0.304 e. The van der Waals surface area contributed by atoms with Gasteiger partial charge in [0, 0.05) is 29.7 Å². The van der Waals surface area contributed by atoms with Crippen molar-refractivity contribution in [2.75, 3.05) is 12.9 Å². The summed E-state index contributed by atoms with van der Waals surface area (Å²) in [5, 5.41) is 24.7. The maximum atomic E-state index is 13.5. The summed E-state index contributed by atoms with van der Waals surface area (Å²) in [6.07, 6.45) is 2.61. The van der Waals surface area contributed by atoms with Crippen LogP contribution in [0.3, 0.4) is 0 Å². The minimum absolute atomic E-state index is 0.00626. The van der Waals surface area contributed by atoms with Gasteiger partial charge in [-0.2, -0.15) is 0 Å². The van der Waals surface area contributed by atoms with Gasteiger partial charge in [-0.15, -0.1) is 0 Å². The van der Waals surface area contributed by atoms with Gasteiger partial charge in [-0.05, 0) is 37.5 Å². The van der Waals surface area contributed by atoms with Gasteiger partial charge in [0.2, 0.25) is 0 Å². The normalized spacial score (nSPS) is 21.9. The minimum atomic E-state index is -3.62. The molecule has 9 nitrogen and oxygen atoms in total. The number of carboxylic acids is 2. The molecule has 1 heterocycles. The first-order valence-electron chi connectivity index (χ1n) is 11.3. The van der Waals surface area contributed by atoms with Crippen LogP contribution in [0, 0.1) is 0 Å². The maximum absolute atomic E-state index is 13.5. The van der Waals surface area contributed by atoms with Crippen molar-refractivity contribution in [1.29, 1.82) is 0 Å². The predicted octanol–water partition coefficient (Wildman–Crippen LogP) is 2.88. The number of ether oxygens (including phenoxy) is 1. The van der Waals surface area contributed by atoms with Crippen LogP contribution in [0.25, 0.3) is 0 Å². The van der Waals surface area contributed by atoms with Gasteiger partial charge in [0.05, 0.1) is 30.6 Å². The Bertz CT molecular complexity index is 948. The largest absolute Gasteiger partial charge is 0.496 e. The highest BCUT2D eigenvalue weighted by molar-refractivity contribution is 7.91. The fraction of sp³-hybridized carbons (Fsp3) is 0.652. The molecule has 10 heteroatoms. The summed E-state index contributed by atoms with van der Waals surface area (Å²) in [6, 6.07) is 2.29. The summed E-state index contributed by atoms with van der Waals surface area (Å²) >= 11 is 0. The molecule has 33 heavy (non-hydrogen) atoms. The summed E-state index contributed by atoms with van der Waals surface area (Å²) in [5.74, 6) is -1.78. The summed E-state index contributed by atoms with van der Waals surface area (Å²) < 4.78 is 32.5. The van der Waals surface area contributed by atoms with Crippen molar-refractivity contribution in [2.45, 2.75) is 88.4 Å². The van der Waals surface area contributed by atoms with Crippen LogP contribution in [0.4, 0.5) is 0 Å². The number of hydrogen-bond acceptors (Lipinski definition) is 7. The number of rotatable bonds is 12. The fourth-order valence-corrected chi connectivity index (χ4v) is 6.74. The van der Waals surface area contributed by atoms with Gasteiger partial charge < -0.3 is 25.6 Å². The molecular weight excluding hydrogens is 448 g/mol. The molecule has 4 N–H and O–H groups in total. The number of carbonyl (C=O) groups is 2. The smallest absolute Gasteiger partial charge is 0.304 e. The number of sulfone groups is 1. The van der Waals surface area contributed by atoms with Crippen LogP contribution >= 0.6 is 0 Å². The molecule has 0 unspecified atom stereocenters. The van der Waals surface area contributed by atoms with E-state index in [0.717, 1.165) is 19.3 Å². The number of aliphatic carboxylic acids is 2. The SMILES string of the molecule is CCCC[C@]1(CC)CS(=O)(=O)c2cc(CNC(CC(=O)O)CC(=O)O)c(OC)cc2[C@@H](C)N1. The number of fused-ring (bicyclic) bond motifs is 1. The minimum Gasteiger partial charge on any atom is -0.496 e. The first-order valence-corrected chi connectivity index (χ1v) is 13.0. The van der Waals surface area contributed by atoms with E-state index in [1.165, 1.54) is 7.11 Å². The lowest BCUT2D eigenvalue weighted by Crippen LogP contribution is -2.49. The quantitative estimate of drug-likeness (QED) is 0.352. The zero-order chi connectivity index (χ0) is 24.8. The van der Waals surface area contributed by atoms with E-state index >= 15 is 0 Å². The molecule has 0 saturated heterocycles. The van der Waals surface area contributed by atoms with Crippen molar-refractivity contribution < 1.29 is 33.0 Å². The van der Waals surface area contributed by atoms with Gasteiger partial charge >= 0.3 is 11.9 Å². The van der Waals surface area contributed by atoms with E-state index in [2.05, 4.69) is 17.6 Å². The number of methoxy groups -OCH3 is 1. The molecule has 1 aromatic carbocycles. The van der Waals surface area contributed by atoms with Crippen LogP contribution in [0.15, 0.2) is 17.0 Å².